The molecule has 0 aliphatic rings. The normalized spacial score (nSPS) is 11.9. The Morgan fingerprint density at radius 2 is 1.94 bits per heavy atom. The van der Waals surface area contributed by atoms with Crippen LogP contribution < -0.4 is 11.0 Å². The van der Waals surface area contributed by atoms with Crippen LogP contribution in [0.2, 0.25) is 5.02 Å². The van der Waals surface area contributed by atoms with E-state index in [0.717, 1.165) is 5.56 Å². The summed E-state index contributed by atoms with van der Waals surface area (Å²) in [5.41, 5.74) is 1.87. The molecule has 0 unspecified atom stereocenters. The van der Waals surface area contributed by atoms with Crippen molar-refractivity contribution in [2.75, 3.05) is 0 Å². The number of carbonyl (C=O) groups excluding carboxylic acids is 1. The minimum atomic E-state index is -0.579. The Kier molecular flexibility index (Phi) is 5.17. The van der Waals surface area contributed by atoms with Crippen molar-refractivity contribution >= 4 is 34.2 Å². The van der Waals surface area contributed by atoms with Crippen molar-refractivity contribution in [1.29, 1.82) is 5.26 Å². The van der Waals surface area contributed by atoms with Gasteiger partial charge in [-0.3, -0.25) is 14.0 Å². The number of benzene rings is 1. The molecule has 0 saturated heterocycles. The third-order valence-electron chi connectivity index (χ3n) is 5.00. The third-order valence-corrected chi connectivity index (χ3v) is 5.33. The molecule has 8 heteroatoms. The minimum Gasteiger partial charge on any atom is -0.306 e. The Balaban J connectivity index is 2.17. The van der Waals surface area contributed by atoms with Crippen molar-refractivity contribution in [1.82, 2.24) is 14.0 Å². The van der Waals surface area contributed by atoms with Gasteiger partial charge in [-0.25, -0.2) is 4.98 Å². The van der Waals surface area contributed by atoms with Crippen LogP contribution in [-0.4, -0.2) is 19.9 Å². The predicted octanol–water partition coefficient (Wildman–Crippen LogP) is 3.80. The lowest BCUT2D eigenvalue weighted by Gasteiger charge is -2.17. The van der Waals surface area contributed by atoms with E-state index >= 15 is 0 Å². The number of amides is 1. The number of nitriles is 1. The number of hydrogen-bond donors (Lipinski definition) is 0. The molecule has 1 amide bonds. The number of fused-ring (bicyclic) bond motifs is 2. The van der Waals surface area contributed by atoms with E-state index in [4.69, 9.17) is 16.6 Å². The quantitative estimate of drug-likeness (QED) is 0.451. The highest BCUT2D eigenvalue weighted by Gasteiger charge is 2.18. The van der Waals surface area contributed by atoms with Crippen LogP contribution in [0.4, 0.5) is 0 Å². The summed E-state index contributed by atoms with van der Waals surface area (Å²) in [4.78, 5) is 35.0. The zero-order valence-corrected chi connectivity index (χ0v) is 17.9. The Labute approximate surface area is 182 Å². The molecule has 154 valence electrons. The van der Waals surface area contributed by atoms with Gasteiger partial charge in [0.15, 0.2) is 5.49 Å². The maximum absolute atomic E-state index is 13.2. The maximum Gasteiger partial charge on any atom is 0.280 e. The molecule has 4 rings (SSSR count). The molecule has 4 aromatic rings. The molecule has 0 saturated carbocycles. The number of rotatable bonds is 2. The minimum absolute atomic E-state index is 0.105. The van der Waals surface area contributed by atoms with Gasteiger partial charge >= 0.3 is 0 Å². The van der Waals surface area contributed by atoms with Gasteiger partial charge in [-0.1, -0.05) is 29.8 Å². The summed E-state index contributed by atoms with van der Waals surface area (Å²) in [5, 5.41) is 10.3. The fourth-order valence-electron chi connectivity index (χ4n) is 3.53. The lowest BCUT2D eigenvalue weighted by Crippen LogP contribution is -2.30. The van der Waals surface area contributed by atoms with E-state index in [2.05, 4.69) is 11.1 Å². The summed E-state index contributed by atoms with van der Waals surface area (Å²) in [6.07, 6.45) is 1.64. The first-order valence-corrected chi connectivity index (χ1v) is 10.0. The third kappa shape index (κ3) is 3.41. The van der Waals surface area contributed by atoms with Crippen LogP contribution in [0, 0.1) is 18.3 Å². The summed E-state index contributed by atoms with van der Waals surface area (Å²) in [6.45, 7) is 5.62. The van der Waals surface area contributed by atoms with Gasteiger partial charge in [0.1, 0.15) is 17.4 Å². The number of carbonyl (C=O) groups is 1. The van der Waals surface area contributed by atoms with Crippen molar-refractivity contribution in [3.8, 4) is 6.07 Å². The van der Waals surface area contributed by atoms with Crippen LogP contribution in [0.15, 0.2) is 58.4 Å². The van der Waals surface area contributed by atoms with Crippen molar-refractivity contribution < 1.29 is 4.79 Å². The van der Waals surface area contributed by atoms with Gasteiger partial charge < -0.3 is 4.57 Å². The Hall–Kier alpha value is -3.76. The second-order valence-corrected chi connectivity index (χ2v) is 7.80. The number of nitrogens with zero attached hydrogens (tertiary/aromatic N) is 5. The summed E-state index contributed by atoms with van der Waals surface area (Å²) in [5.74, 6) is -0.579. The Morgan fingerprint density at radius 1 is 1.19 bits per heavy atom. The summed E-state index contributed by atoms with van der Waals surface area (Å²) in [7, 11) is 0. The summed E-state index contributed by atoms with van der Waals surface area (Å²) < 4.78 is 3.10. The molecule has 0 fully saturated rings. The van der Waals surface area contributed by atoms with Crippen LogP contribution in [0.5, 0.6) is 0 Å². The van der Waals surface area contributed by atoms with Crippen LogP contribution in [0.1, 0.15) is 41.4 Å². The molecular formula is C23H18ClN5O2. The molecule has 7 nitrogen and oxygen atoms in total. The first kappa shape index (κ1) is 20.5. The molecule has 0 aliphatic heterocycles. The van der Waals surface area contributed by atoms with Gasteiger partial charge in [-0.2, -0.15) is 10.3 Å². The van der Waals surface area contributed by atoms with Crippen molar-refractivity contribution in [2.24, 2.45) is 4.99 Å². The number of pyridine rings is 2. The van der Waals surface area contributed by atoms with Gasteiger partial charge in [0.25, 0.3) is 11.5 Å². The van der Waals surface area contributed by atoms with E-state index < -0.39 is 5.91 Å². The van der Waals surface area contributed by atoms with Crippen LogP contribution in [0.25, 0.3) is 16.7 Å². The first-order chi connectivity index (χ1) is 14.8. The number of aryl methyl sites for hydroxylation is 1. The predicted molar refractivity (Wildman–Crippen MR) is 118 cm³/mol. The zero-order chi connectivity index (χ0) is 22.3. The summed E-state index contributed by atoms with van der Waals surface area (Å²) in [6, 6.07) is 13.5. The van der Waals surface area contributed by atoms with Gasteiger partial charge in [0, 0.05) is 12.2 Å². The molecule has 1 aromatic carbocycles. The fraction of sp³-hybridized carbons (Fsp3) is 0.174. The van der Waals surface area contributed by atoms with E-state index in [1.54, 1.807) is 41.1 Å². The molecule has 0 radical (unpaired) electrons. The smallest absolute Gasteiger partial charge is 0.280 e. The maximum atomic E-state index is 13.2. The number of aromatic nitrogens is 3. The average Bonchev–Trinajstić information content (AvgIpc) is 2.74. The highest BCUT2D eigenvalue weighted by Crippen LogP contribution is 2.18. The standard InChI is InChI=1S/C23H18ClN5O2/c1-13(2)29-20(27-22(30)16-8-4-5-9-18(16)24)15(12-25)11-17-21(29)26-19-14(3)7-6-10-28(19)23(17)31/h4-11,13H,1-3H3. The summed E-state index contributed by atoms with van der Waals surface area (Å²) >= 11 is 6.15. The van der Waals surface area contributed by atoms with Crippen molar-refractivity contribution in [3.63, 3.8) is 0 Å². The van der Waals surface area contributed by atoms with E-state index in [0.29, 0.717) is 11.3 Å². The molecule has 31 heavy (non-hydrogen) atoms. The molecule has 0 atom stereocenters. The number of hydrogen-bond acceptors (Lipinski definition) is 4. The van der Waals surface area contributed by atoms with Gasteiger partial charge in [-0.05, 0) is 50.6 Å². The molecule has 0 bridgehead atoms. The van der Waals surface area contributed by atoms with Crippen molar-refractivity contribution in [3.05, 3.63) is 86.2 Å². The van der Waals surface area contributed by atoms with E-state index in [-0.39, 0.29) is 38.6 Å². The molecular weight excluding hydrogens is 414 g/mol. The van der Waals surface area contributed by atoms with Crippen molar-refractivity contribution in [2.45, 2.75) is 26.8 Å². The lowest BCUT2D eigenvalue weighted by atomic mass is 10.2. The molecule has 0 aliphatic carbocycles. The highest BCUT2D eigenvalue weighted by molar-refractivity contribution is 6.33. The number of halogens is 1. The largest absolute Gasteiger partial charge is 0.306 e. The van der Waals surface area contributed by atoms with Crippen LogP contribution >= 0.6 is 11.6 Å². The molecule has 3 heterocycles. The lowest BCUT2D eigenvalue weighted by molar-refractivity contribution is 0.0997. The monoisotopic (exact) mass is 431 g/mol. The van der Waals surface area contributed by atoms with Crippen LogP contribution in [0.3, 0.4) is 0 Å². The molecule has 0 N–H and O–H groups in total. The van der Waals surface area contributed by atoms with E-state index in [1.165, 1.54) is 10.5 Å². The molecule has 3 aromatic heterocycles. The first-order valence-electron chi connectivity index (χ1n) is 9.64. The van der Waals surface area contributed by atoms with E-state index in [9.17, 15) is 14.9 Å². The van der Waals surface area contributed by atoms with Gasteiger partial charge in [0.2, 0.25) is 0 Å². The average molecular weight is 432 g/mol. The highest BCUT2D eigenvalue weighted by atomic mass is 35.5. The SMILES string of the molecule is Cc1cccn2c(=O)c3cc(C#N)c(=NC(=O)c4ccccc4Cl)n(C(C)C)c3nc12. The fourth-order valence-corrected chi connectivity index (χ4v) is 3.74. The topological polar surface area (TPSA) is 92.5 Å². The Morgan fingerprint density at radius 3 is 2.61 bits per heavy atom. The second-order valence-electron chi connectivity index (χ2n) is 7.39. The van der Waals surface area contributed by atoms with Gasteiger partial charge in [0.05, 0.1) is 21.5 Å². The van der Waals surface area contributed by atoms with Crippen LogP contribution in [-0.2, 0) is 0 Å². The Bertz CT molecular complexity index is 1540. The van der Waals surface area contributed by atoms with E-state index in [1.807, 2.05) is 26.8 Å². The van der Waals surface area contributed by atoms with Gasteiger partial charge in [-0.15, -0.1) is 0 Å². The second kappa shape index (κ2) is 7.82. The zero-order valence-electron chi connectivity index (χ0n) is 17.1. The molecule has 0 spiro atoms.